The maximum atomic E-state index is 14.0. The van der Waals surface area contributed by atoms with Gasteiger partial charge in [-0.15, -0.1) is 0 Å². The highest BCUT2D eigenvalue weighted by molar-refractivity contribution is 9.10. The number of halogens is 2. The number of nitrogens with one attached hydrogen (secondary N) is 1. The van der Waals surface area contributed by atoms with Crippen LogP contribution in [0.2, 0.25) is 0 Å². The molecule has 0 atom stereocenters. The van der Waals surface area contributed by atoms with Gasteiger partial charge in [-0.2, -0.15) is 4.31 Å². The molecule has 6 nitrogen and oxygen atoms in total. The number of ether oxygens (including phenoxy) is 1. The summed E-state index contributed by atoms with van der Waals surface area (Å²) in [5.74, 6) is -1.15. The van der Waals surface area contributed by atoms with Crippen LogP contribution in [0, 0.1) is 5.82 Å². The lowest BCUT2D eigenvalue weighted by Gasteiger charge is -2.19. The van der Waals surface area contributed by atoms with E-state index >= 15 is 0 Å². The molecule has 0 saturated carbocycles. The minimum atomic E-state index is -3.72. The van der Waals surface area contributed by atoms with Gasteiger partial charge in [-0.1, -0.05) is 29.8 Å². The molecule has 0 spiro atoms. The molecule has 0 aliphatic rings. The van der Waals surface area contributed by atoms with Crippen molar-refractivity contribution in [3.8, 4) is 5.75 Å². The molecule has 2 aromatic rings. The first-order valence-corrected chi connectivity index (χ1v) is 10.4. The fraction of sp³-hybridized carbons (Fsp3) is 0.278. The Hall–Kier alpha value is -1.97. The monoisotopic (exact) mass is 458 g/mol. The van der Waals surface area contributed by atoms with E-state index in [0.29, 0.717) is 17.6 Å². The van der Waals surface area contributed by atoms with E-state index in [1.165, 1.54) is 41.7 Å². The van der Waals surface area contributed by atoms with Crippen LogP contribution >= 0.6 is 15.9 Å². The maximum Gasteiger partial charge on any atom is 0.258 e. The van der Waals surface area contributed by atoms with Crippen molar-refractivity contribution >= 4 is 37.5 Å². The molecule has 1 N–H and O–H groups in total. The van der Waals surface area contributed by atoms with Gasteiger partial charge >= 0.3 is 0 Å². The molecule has 146 valence electrons. The van der Waals surface area contributed by atoms with Crippen molar-refractivity contribution in [1.29, 1.82) is 0 Å². The molecule has 0 aliphatic carbocycles. The first-order chi connectivity index (χ1) is 12.7. The summed E-state index contributed by atoms with van der Waals surface area (Å²) >= 11 is 3.19. The predicted octanol–water partition coefficient (Wildman–Crippen LogP) is 3.88. The maximum absolute atomic E-state index is 14.0. The summed E-state index contributed by atoms with van der Waals surface area (Å²) < 4.78 is 46.4. The smallest absolute Gasteiger partial charge is 0.258 e. The number of carbonyl (C=O) groups excluding carboxylic acids is 1. The molecule has 2 rings (SSSR count). The second-order valence-electron chi connectivity index (χ2n) is 5.53. The van der Waals surface area contributed by atoms with Gasteiger partial charge < -0.3 is 10.1 Å². The zero-order chi connectivity index (χ0) is 20.2. The molecule has 9 heteroatoms. The first kappa shape index (κ1) is 21.3. The average Bonchev–Trinajstić information content (AvgIpc) is 2.64. The Balaban J connectivity index is 2.44. The highest BCUT2D eigenvalue weighted by atomic mass is 79.9. The van der Waals surface area contributed by atoms with Gasteiger partial charge in [0.25, 0.3) is 5.91 Å². The zero-order valence-corrected chi connectivity index (χ0v) is 17.5. The molecule has 1 amide bonds. The summed E-state index contributed by atoms with van der Waals surface area (Å²) in [6.07, 6.45) is 0. The molecular formula is C18H20BrFN2O4S. The van der Waals surface area contributed by atoms with Crippen molar-refractivity contribution in [3.63, 3.8) is 0 Å². The van der Waals surface area contributed by atoms with E-state index in [0.717, 1.165) is 6.07 Å². The molecule has 27 heavy (non-hydrogen) atoms. The number of anilines is 1. The summed E-state index contributed by atoms with van der Waals surface area (Å²) in [5.41, 5.74) is -0.0430. The number of sulfonamides is 1. The number of rotatable bonds is 7. The summed E-state index contributed by atoms with van der Waals surface area (Å²) in [7, 11) is -2.33. The Bertz CT molecular complexity index is 946. The van der Waals surface area contributed by atoms with E-state index in [4.69, 9.17) is 4.74 Å². The predicted molar refractivity (Wildman–Crippen MR) is 105 cm³/mol. The van der Waals surface area contributed by atoms with Crippen LogP contribution in [0.25, 0.3) is 0 Å². The van der Waals surface area contributed by atoms with Crippen LogP contribution in [0.5, 0.6) is 5.75 Å². The van der Waals surface area contributed by atoms with Crippen LogP contribution in [-0.2, 0) is 10.0 Å². The van der Waals surface area contributed by atoms with Gasteiger partial charge in [0.15, 0.2) is 0 Å². The Labute approximate surface area is 166 Å². The van der Waals surface area contributed by atoms with Crippen molar-refractivity contribution < 1.29 is 22.3 Å². The Morgan fingerprint density at radius 1 is 1.19 bits per heavy atom. The second-order valence-corrected chi connectivity index (χ2v) is 8.38. The number of methoxy groups -OCH3 is 1. The molecule has 0 unspecified atom stereocenters. The SMILES string of the molecule is CCN(CC)S(=O)(=O)c1ccc(OC)c(NC(=O)c2cc(Br)ccc2F)c1. The molecular weight excluding hydrogens is 439 g/mol. The Morgan fingerprint density at radius 2 is 1.85 bits per heavy atom. The Kier molecular flexibility index (Phi) is 6.96. The normalized spacial score (nSPS) is 11.5. The molecule has 0 saturated heterocycles. The van der Waals surface area contributed by atoms with E-state index in [2.05, 4.69) is 21.2 Å². The summed E-state index contributed by atoms with van der Waals surface area (Å²) in [5, 5.41) is 2.53. The number of nitrogens with zero attached hydrogens (tertiary/aromatic N) is 1. The molecule has 0 aromatic heterocycles. The van der Waals surface area contributed by atoms with Crippen LogP contribution in [0.1, 0.15) is 24.2 Å². The lowest BCUT2D eigenvalue weighted by molar-refractivity contribution is 0.102. The minimum absolute atomic E-state index is 0.0111. The van der Waals surface area contributed by atoms with E-state index in [9.17, 15) is 17.6 Å². The summed E-state index contributed by atoms with van der Waals surface area (Å²) in [6, 6.07) is 8.14. The van der Waals surface area contributed by atoms with Crippen molar-refractivity contribution in [2.45, 2.75) is 18.7 Å². The van der Waals surface area contributed by atoms with E-state index in [-0.39, 0.29) is 21.9 Å². The number of hydrogen-bond donors (Lipinski definition) is 1. The van der Waals surface area contributed by atoms with Crippen LogP contribution in [0.3, 0.4) is 0 Å². The third-order valence-electron chi connectivity index (χ3n) is 3.94. The van der Waals surface area contributed by atoms with E-state index < -0.39 is 21.7 Å². The fourth-order valence-corrected chi connectivity index (χ4v) is 4.36. The molecule has 0 bridgehead atoms. The van der Waals surface area contributed by atoms with E-state index in [1.807, 2.05) is 0 Å². The average molecular weight is 459 g/mol. The molecule has 0 aliphatic heterocycles. The van der Waals surface area contributed by atoms with Gasteiger partial charge in [0.1, 0.15) is 11.6 Å². The standard InChI is InChI=1S/C18H20BrFN2O4S/c1-4-22(5-2)27(24,25)13-7-9-17(26-3)16(11-13)21-18(23)14-10-12(19)6-8-15(14)20/h6-11H,4-5H2,1-3H3,(H,21,23). The Morgan fingerprint density at radius 3 is 2.44 bits per heavy atom. The second kappa shape index (κ2) is 8.81. The van der Waals surface area contributed by atoms with Gasteiger partial charge in [-0.25, -0.2) is 12.8 Å². The lowest BCUT2D eigenvalue weighted by Crippen LogP contribution is -2.30. The highest BCUT2D eigenvalue weighted by Crippen LogP contribution is 2.30. The highest BCUT2D eigenvalue weighted by Gasteiger charge is 2.23. The van der Waals surface area contributed by atoms with Crippen LogP contribution in [0.4, 0.5) is 10.1 Å². The minimum Gasteiger partial charge on any atom is -0.495 e. The molecule has 0 fully saturated rings. The van der Waals surface area contributed by atoms with E-state index in [1.54, 1.807) is 13.8 Å². The quantitative estimate of drug-likeness (QED) is 0.682. The topological polar surface area (TPSA) is 75.7 Å². The third-order valence-corrected chi connectivity index (χ3v) is 6.47. The summed E-state index contributed by atoms with van der Waals surface area (Å²) in [6.45, 7) is 4.11. The fourth-order valence-electron chi connectivity index (χ4n) is 2.52. The number of benzene rings is 2. The van der Waals surface area contributed by atoms with Gasteiger partial charge in [0, 0.05) is 17.6 Å². The van der Waals surface area contributed by atoms with Crippen LogP contribution in [-0.4, -0.2) is 38.8 Å². The lowest BCUT2D eigenvalue weighted by atomic mass is 10.2. The third kappa shape index (κ3) is 4.66. The van der Waals surface area contributed by atoms with Crippen molar-refractivity contribution in [2.24, 2.45) is 0 Å². The first-order valence-electron chi connectivity index (χ1n) is 8.19. The molecule has 2 aromatic carbocycles. The molecule has 0 radical (unpaired) electrons. The molecule has 0 heterocycles. The number of hydrogen-bond acceptors (Lipinski definition) is 4. The van der Waals surface area contributed by atoms with Crippen LogP contribution in [0.15, 0.2) is 45.8 Å². The van der Waals surface area contributed by atoms with Crippen LogP contribution < -0.4 is 10.1 Å². The largest absolute Gasteiger partial charge is 0.495 e. The number of carbonyl (C=O) groups is 1. The van der Waals surface area contributed by atoms with Crippen molar-refractivity contribution in [1.82, 2.24) is 4.31 Å². The van der Waals surface area contributed by atoms with Gasteiger partial charge in [0.05, 0.1) is 23.3 Å². The van der Waals surface area contributed by atoms with Gasteiger partial charge in [0.2, 0.25) is 10.0 Å². The summed E-state index contributed by atoms with van der Waals surface area (Å²) in [4.78, 5) is 12.5. The number of amides is 1. The van der Waals surface area contributed by atoms with Gasteiger partial charge in [-0.3, -0.25) is 4.79 Å². The van der Waals surface area contributed by atoms with Crippen molar-refractivity contribution in [3.05, 3.63) is 52.3 Å². The zero-order valence-electron chi connectivity index (χ0n) is 15.1. The van der Waals surface area contributed by atoms with Crippen molar-refractivity contribution in [2.75, 3.05) is 25.5 Å². The van der Waals surface area contributed by atoms with Gasteiger partial charge in [-0.05, 0) is 36.4 Å².